The van der Waals surface area contributed by atoms with Crippen LogP contribution in [0.1, 0.15) is 50.4 Å². The van der Waals surface area contributed by atoms with E-state index in [2.05, 4.69) is 22.3 Å². The van der Waals surface area contributed by atoms with Crippen LogP contribution in [-0.2, 0) is 0 Å². The molecule has 106 valence electrons. The Morgan fingerprint density at radius 2 is 2.11 bits per heavy atom. The molecule has 1 fully saturated rings. The number of hydrogen-bond acceptors (Lipinski definition) is 5. The van der Waals surface area contributed by atoms with Crippen LogP contribution in [0.4, 0.5) is 5.82 Å². The van der Waals surface area contributed by atoms with Gasteiger partial charge in [0.25, 0.3) is 0 Å². The summed E-state index contributed by atoms with van der Waals surface area (Å²) in [6.07, 6.45) is 6.32. The highest BCUT2D eigenvalue weighted by molar-refractivity contribution is 5.47. The van der Waals surface area contributed by atoms with Crippen LogP contribution in [0.3, 0.4) is 0 Å². The van der Waals surface area contributed by atoms with Gasteiger partial charge in [0, 0.05) is 0 Å². The maximum Gasteiger partial charge on any atom is 0.222 e. The zero-order chi connectivity index (χ0) is 13.8. The highest BCUT2D eigenvalue weighted by atomic mass is 16.5. The summed E-state index contributed by atoms with van der Waals surface area (Å²) >= 11 is 0. The second kappa shape index (κ2) is 6.19. The molecule has 0 bridgehead atoms. The van der Waals surface area contributed by atoms with E-state index in [1.165, 1.54) is 19.3 Å². The molecule has 1 heterocycles. The smallest absolute Gasteiger partial charge is 0.222 e. The monoisotopic (exact) mass is 264 g/mol. The quantitative estimate of drug-likeness (QED) is 0.646. The number of nitrogens with zero attached hydrogens (tertiary/aromatic N) is 2. The van der Waals surface area contributed by atoms with Gasteiger partial charge in [0.1, 0.15) is 17.7 Å². The standard InChI is InChI=1S/C14H24N4O/c1-4-11-6-5-7-12(8-11)19-14-9(2)13(18-15)16-10(3)17-14/h11-12H,4-8,15H2,1-3H3,(H,16,17,18). The normalized spacial score (nSPS) is 23.2. The first-order valence-corrected chi connectivity index (χ1v) is 7.12. The molecule has 2 unspecified atom stereocenters. The van der Waals surface area contributed by atoms with Gasteiger partial charge >= 0.3 is 0 Å². The lowest BCUT2D eigenvalue weighted by atomic mass is 9.85. The average molecular weight is 264 g/mol. The van der Waals surface area contributed by atoms with Gasteiger partial charge < -0.3 is 10.2 Å². The Morgan fingerprint density at radius 1 is 1.32 bits per heavy atom. The Balaban J connectivity index is 2.12. The predicted molar refractivity (Wildman–Crippen MR) is 76.0 cm³/mol. The van der Waals surface area contributed by atoms with Crippen molar-refractivity contribution in [2.75, 3.05) is 5.43 Å². The molecule has 2 rings (SSSR count). The average Bonchev–Trinajstić information content (AvgIpc) is 2.42. The number of hydrazine groups is 1. The molecule has 1 aromatic heterocycles. The van der Waals surface area contributed by atoms with Gasteiger partial charge in [0.05, 0.1) is 5.56 Å². The maximum absolute atomic E-state index is 6.09. The third kappa shape index (κ3) is 3.35. The number of nitrogen functional groups attached to an aromatic ring is 1. The molecule has 5 heteroatoms. The summed E-state index contributed by atoms with van der Waals surface area (Å²) in [7, 11) is 0. The van der Waals surface area contributed by atoms with Gasteiger partial charge in [0.15, 0.2) is 0 Å². The summed E-state index contributed by atoms with van der Waals surface area (Å²) in [4.78, 5) is 8.65. The van der Waals surface area contributed by atoms with Crippen molar-refractivity contribution in [1.82, 2.24) is 9.97 Å². The van der Waals surface area contributed by atoms with Gasteiger partial charge in [0.2, 0.25) is 5.88 Å². The van der Waals surface area contributed by atoms with Crippen LogP contribution in [0, 0.1) is 19.8 Å². The molecule has 3 N–H and O–H groups in total. The molecule has 0 radical (unpaired) electrons. The van der Waals surface area contributed by atoms with E-state index in [9.17, 15) is 0 Å². The Labute approximate surface area is 114 Å². The van der Waals surface area contributed by atoms with Crippen molar-refractivity contribution < 1.29 is 4.74 Å². The minimum atomic E-state index is 0.275. The fourth-order valence-electron chi connectivity index (χ4n) is 2.74. The minimum Gasteiger partial charge on any atom is -0.474 e. The molecular formula is C14H24N4O. The number of aromatic nitrogens is 2. The molecular weight excluding hydrogens is 240 g/mol. The van der Waals surface area contributed by atoms with E-state index in [4.69, 9.17) is 10.6 Å². The summed E-state index contributed by atoms with van der Waals surface area (Å²) < 4.78 is 6.09. The lowest BCUT2D eigenvalue weighted by Crippen LogP contribution is -2.26. The molecule has 1 aromatic rings. The van der Waals surface area contributed by atoms with E-state index in [0.717, 1.165) is 24.3 Å². The number of anilines is 1. The van der Waals surface area contributed by atoms with Gasteiger partial charge in [-0.05, 0) is 39.0 Å². The molecule has 0 spiro atoms. The Bertz CT molecular complexity index is 436. The highest BCUT2D eigenvalue weighted by Crippen LogP contribution is 2.31. The zero-order valence-electron chi connectivity index (χ0n) is 12.1. The first-order valence-electron chi connectivity index (χ1n) is 7.12. The van der Waals surface area contributed by atoms with Crippen LogP contribution in [-0.4, -0.2) is 16.1 Å². The summed E-state index contributed by atoms with van der Waals surface area (Å²) in [6, 6.07) is 0. The van der Waals surface area contributed by atoms with Crippen molar-refractivity contribution in [3.8, 4) is 5.88 Å². The van der Waals surface area contributed by atoms with E-state index in [0.29, 0.717) is 17.5 Å². The zero-order valence-corrected chi connectivity index (χ0v) is 12.1. The van der Waals surface area contributed by atoms with Crippen molar-refractivity contribution >= 4 is 5.82 Å². The Kier molecular flexibility index (Phi) is 4.58. The molecule has 0 aliphatic heterocycles. The van der Waals surface area contributed by atoms with E-state index in [-0.39, 0.29) is 6.10 Å². The van der Waals surface area contributed by atoms with Crippen LogP contribution in [0.2, 0.25) is 0 Å². The first-order chi connectivity index (χ1) is 9.13. The number of hydrogen-bond donors (Lipinski definition) is 2. The lowest BCUT2D eigenvalue weighted by molar-refractivity contribution is 0.116. The van der Waals surface area contributed by atoms with Crippen molar-refractivity contribution in [3.05, 3.63) is 11.4 Å². The number of nitrogens with two attached hydrogens (primary N) is 1. The largest absolute Gasteiger partial charge is 0.474 e. The molecule has 1 saturated carbocycles. The molecule has 0 amide bonds. The third-order valence-corrected chi connectivity index (χ3v) is 3.94. The van der Waals surface area contributed by atoms with Crippen LogP contribution in [0.5, 0.6) is 5.88 Å². The maximum atomic E-state index is 6.09. The molecule has 1 aliphatic carbocycles. The van der Waals surface area contributed by atoms with E-state index >= 15 is 0 Å². The van der Waals surface area contributed by atoms with Gasteiger partial charge in [-0.1, -0.05) is 19.8 Å². The number of ether oxygens (including phenoxy) is 1. The lowest BCUT2D eigenvalue weighted by Gasteiger charge is -2.29. The fourth-order valence-corrected chi connectivity index (χ4v) is 2.74. The second-order valence-corrected chi connectivity index (χ2v) is 5.37. The van der Waals surface area contributed by atoms with E-state index < -0.39 is 0 Å². The van der Waals surface area contributed by atoms with Gasteiger partial charge in [-0.3, -0.25) is 0 Å². The van der Waals surface area contributed by atoms with Crippen LogP contribution < -0.4 is 16.0 Å². The SMILES string of the molecule is CCC1CCCC(Oc2nc(C)nc(NN)c2C)C1. The molecule has 0 aromatic carbocycles. The fraction of sp³-hybridized carbons (Fsp3) is 0.714. The summed E-state index contributed by atoms with van der Waals surface area (Å²) in [6.45, 7) is 6.04. The van der Waals surface area contributed by atoms with E-state index in [1.54, 1.807) is 0 Å². The van der Waals surface area contributed by atoms with Crippen LogP contribution in [0.25, 0.3) is 0 Å². The molecule has 5 nitrogen and oxygen atoms in total. The molecule has 0 saturated heterocycles. The summed E-state index contributed by atoms with van der Waals surface area (Å²) in [5, 5.41) is 0. The molecule has 2 atom stereocenters. The van der Waals surface area contributed by atoms with Gasteiger partial charge in [-0.25, -0.2) is 10.8 Å². The number of aryl methyl sites for hydroxylation is 1. The van der Waals surface area contributed by atoms with Gasteiger partial charge in [-0.2, -0.15) is 4.98 Å². The number of rotatable bonds is 4. The van der Waals surface area contributed by atoms with Crippen molar-refractivity contribution in [1.29, 1.82) is 0 Å². The van der Waals surface area contributed by atoms with E-state index in [1.807, 2.05) is 13.8 Å². The third-order valence-electron chi connectivity index (χ3n) is 3.94. The second-order valence-electron chi connectivity index (χ2n) is 5.37. The highest BCUT2D eigenvalue weighted by Gasteiger charge is 2.23. The topological polar surface area (TPSA) is 73.1 Å². The molecule has 1 aliphatic rings. The van der Waals surface area contributed by atoms with Crippen molar-refractivity contribution in [2.24, 2.45) is 11.8 Å². The summed E-state index contributed by atoms with van der Waals surface area (Å²) in [5.41, 5.74) is 3.48. The molecule has 19 heavy (non-hydrogen) atoms. The Morgan fingerprint density at radius 3 is 2.79 bits per heavy atom. The number of nitrogens with one attached hydrogen (secondary N) is 1. The van der Waals surface area contributed by atoms with Gasteiger partial charge in [-0.15, -0.1) is 0 Å². The van der Waals surface area contributed by atoms with Crippen molar-refractivity contribution in [2.45, 2.75) is 59.0 Å². The summed E-state index contributed by atoms with van der Waals surface area (Å²) in [5.74, 6) is 8.25. The van der Waals surface area contributed by atoms with Crippen molar-refractivity contribution in [3.63, 3.8) is 0 Å². The Hall–Kier alpha value is -1.36. The predicted octanol–water partition coefficient (Wildman–Crippen LogP) is 2.73. The van der Waals surface area contributed by atoms with Crippen LogP contribution in [0.15, 0.2) is 0 Å². The van der Waals surface area contributed by atoms with Crippen LogP contribution >= 0.6 is 0 Å². The first kappa shape index (κ1) is 14.1. The minimum absolute atomic E-state index is 0.275.